The molecule has 0 atom stereocenters. The minimum atomic E-state index is -0.447. The Bertz CT molecular complexity index is 1010. The maximum atomic E-state index is 13.4. The van der Waals surface area contributed by atoms with E-state index in [4.69, 9.17) is 17.0 Å². The normalized spacial score (nSPS) is 10.8. The number of aromatic amines is 1. The molecular weight excluding hydrogens is 341 g/mol. The SMILES string of the molecule is COc1ccc(N(C)CCn2c(=S)[nH]c3ccc(F)cc3c2=O)cc1. The smallest absolute Gasteiger partial charge is 0.262 e. The Morgan fingerprint density at radius 1 is 1.24 bits per heavy atom. The number of ether oxygens (including phenoxy) is 1. The van der Waals surface area contributed by atoms with Crippen molar-refractivity contribution in [2.45, 2.75) is 6.54 Å². The Morgan fingerprint density at radius 3 is 2.64 bits per heavy atom. The third kappa shape index (κ3) is 3.56. The van der Waals surface area contributed by atoms with E-state index in [9.17, 15) is 9.18 Å². The van der Waals surface area contributed by atoms with Gasteiger partial charge >= 0.3 is 0 Å². The van der Waals surface area contributed by atoms with E-state index in [1.807, 2.05) is 36.2 Å². The van der Waals surface area contributed by atoms with E-state index in [0.717, 1.165) is 11.4 Å². The predicted molar refractivity (Wildman–Crippen MR) is 99.6 cm³/mol. The molecule has 0 fully saturated rings. The standard InChI is InChI=1S/C18H18FN3O2S/c1-21(13-4-6-14(24-2)7-5-13)9-10-22-17(23)15-11-12(19)3-8-16(15)20-18(22)25/h3-8,11H,9-10H2,1-2H3,(H,20,25). The second-order valence-electron chi connectivity index (χ2n) is 5.70. The maximum absolute atomic E-state index is 13.4. The van der Waals surface area contributed by atoms with E-state index in [-0.39, 0.29) is 5.56 Å². The highest BCUT2D eigenvalue weighted by molar-refractivity contribution is 7.71. The molecule has 0 aliphatic heterocycles. The third-order valence-corrected chi connectivity index (χ3v) is 4.44. The molecule has 0 spiro atoms. The van der Waals surface area contributed by atoms with E-state index in [2.05, 4.69) is 4.98 Å². The summed E-state index contributed by atoms with van der Waals surface area (Å²) in [6.07, 6.45) is 0. The van der Waals surface area contributed by atoms with Gasteiger partial charge in [0.1, 0.15) is 11.6 Å². The molecule has 0 radical (unpaired) electrons. The fraction of sp³-hybridized carbons (Fsp3) is 0.222. The molecule has 5 nitrogen and oxygen atoms in total. The second-order valence-corrected chi connectivity index (χ2v) is 6.08. The maximum Gasteiger partial charge on any atom is 0.262 e. The lowest BCUT2D eigenvalue weighted by Gasteiger charge is -2.20. The summed E-state index contributed by atoms with van der Waals surface area (Å²) in [5, 5.41) is 0.292. The Hall–Kier alpha value is -2.67. The summed E-state index contributed by atoms with van der Waals surface area (Å²) in [5.41, 5.74) is 1.24. The molecule has 0 saturated heterocycles. The van der Waals surface area contributed by atoms with Gasteiger partial charge in [-0.15, -0.1) is 0 Å². The van der Waals surface area contributed by atoms with Crippen LogP contribution >= 0.6 is 12.2 Å². The number of H-pyrrole nitrogens is 1. The van der Waals surface area contributed by atoms with Crippen LogP contribution < -0.4 is 15.2 Å². The van der Waals surface area contributed by atoms with Gasteiger partial charge < -0.3 is 14.6 Å². The molecule has 0 bridgehead atoms. The number of hydrogen-bond acceptors (Lipinski definition) is 4. The molecule has 0 amide bonds. The molecule has 0 saturated carbocycles. The summed E-state index contributed by atoms with van der Waals surface area (Å²) in [5.74, 6) is 0.337. The highest BCUT2D eigenvalue weighted by Gasteiger charge is 2.08. The first kappa shape index (κ1) is 17.2. The summed E-state index contributed by atoms with van der Waals surface area (Å²) in [6.45, 7) is 0.966. The van der Waals surface area contributed by atoms with Crippen LogP contribution in [-0.4, -0.2) is 30.3 Å². The summed E-state index contributed by atoms with van der Waals surface area (Å²) in [7, 11) is 3.55. The molecule has 0 aliphatic rings. The Balaban J connectivity index is 1.85. The van der Waals surface area contributed by atoms with E-state index in [1.54, 1.807) is 7.11 Å². The van der Waals surface area contributed by atoms with Crippen LogP contribution in [-0.2, 0) is 6.54 Å². The van der Waals surface area contributed by atoms with E-state index in [1.165, 1.54) is 22.8 Å². The van der Waals surface area contributed by atoms with Gasteiger partial charge in [0.15, 0.2) is 4.77 Å². The quantitative estimate of drug-likeness (QED) is 0.710. The molecule has 1 aromatic heterocycles. The number of anilines is 1. The fourth-order valence-electron chi connectivity index (χ4n) is 2.64. The Morgan fingerprint density at radius 2 is 1.96 bits per heavy atom. The van der Waals surface area contributed by atoms with Crippen molar-refractivity contribution in [3.63, 3.8) is 0 Å². The number of nitrogens with zero attached hydrogens (tertiary/aromatic N) is 2. The zero-order valence-electron chi connectivity index (χ0n) is 14.0. The van der Waals surface area contributed by atoms with E-state index >= 15 is 0 Å². The van der Waals surface area contributed by atoms with Gasteiger partial charge in [0, 0.05) is 25.8 Å². The van der Waals surface area contributed by atoms with Crippen molar-refractivity contribution in [3.8, 4) is 5.75 Å². The summed E-state index contributed by atoms with van der Waals surface area (Å²) < 4.78 is 20.4. The van der Waals surface area contributed by atoms with Crippen LogP contribution in [0.15, 0.2) is 47.3 Å². The van der Waals surface area contributed by atoms with E-state index in [0.29, 0.717) is 28.8 Å². The average Bonchev–Trinajstić information content (AvgIpc) is 2.62. The fourth-order valence-corrected chi connectivity index (χ4v) is 2.93. The molecule has 130 valence electrons. The number of nitrogens with one attached hydrogen (secondary N) is 1. The van der Waals surface area contributed by atoms with Crippen LogP contribution in [0.1, 0.15) is 0 Å². The van der Waals surface area contributed by atoms with Crippen LogP contribution in [0.3, 0.4) is 0 Å². The molecule has 7 heteroatoms. The van der Waals surface area contributed by atoms with Gasteiger partial charge in [-0.3, -0.25) is 9.36 Å². The zero-order chi connectivity index (χ0) is 18.0. The number of halogens is 1. The number of fused-ring (bicyclic) bond motifs is 1. The van der Waals surface area contributed by atoms with Crippen molar-refractivity contribution in [2.75, 3.05) is 25.6 Å². The van der Waals surface area contributed by atoms with Crippen LogP contribution in [0.25, 0.3) is 10.9 Å². The molecule has 3 aromatic rings. The summed E-state index contributed by atoms with van der Waals surface area (Å²) >= 11 is 5.28. The van der Waals surface area contributed by atoms with Gasteiger partial charge in [-0.1, -0.05) is 0 Å². The molecule has 0 unspecified atom stereocenters. The van der Waals surface area contributed by atoms with Crippen molar-refractivity contribution in [2.24, 2.45) is 0 Å². The highest BCUT2D eigenvalue weighted by Crippen LogP contribution is 2.18. The number of methoxy groups -OCH3 is 1. The van der Waals surface area contributed by atoms with Gasteiger partial charge in [-0.25, -0.2) is 4.39 Å². The molecule has 25 heavy (non-hydrogen) atoms. The molecule has 1 N–H and O–H groups in total. The lowest BCUT2D eigenvalue weighted by molar-refractivity contribution is 0.415. The topological polar surface area (TPSA) is 50.3 Å². The molecule has 2 aromatic carbocycles. The van der Waals surface area contributed by atoms with Crippen LogP contribution in [0.5, 0.6) is 5.75 Å². The minimum absolute atomic E-state index is 0.290. The number of rotatable bonds is 5. The minimum Gasteiger partial charge on any atom is -0.497 e. The number of hydrogen-bond donors (Lipinski definition) is 1. The second kappa shape index (κ2) is 7.06. The van der Waals surface area contributed by atoms with Gasteiger partial charge in [-0.05, 0) is 54.7 Å². The molecule has 0 aliphatic carbocycles. The van der Waals surface area contributed by atoms with Gasteiger partial charge in [0.2, 0.25) is 0 Å². The van der Waals surface area contributed by atoms with Gasteiger partial charge in [-0.2, -0.15) is 0 Å². The lowest BCUT2D eigenvalue weighted by Crippen LogP contribution is -2.29. The van der Waals surface area contributed by atoms with Crippen LogP contribution in [0, 0.1) is 10.6 Å². The number of benzene rings is 2. The first-order chi connectivity index (χ1) is 12.0. The first-order valence-electron chi connectivity index (χ1n) is 7.77. The number of aromatic nitrogens is 2. The monoisotopic (exact) mass is 359 g/mol. The van der Waals surface area contributed by atoms with Crippen LogP contribution in [0.4, 0.5) is 10.1 Å². The van der Waals surface area contributed by atoms with Gasteiger partial charge in [0.05, 0.1) is 18.0 Å². The lowest BCUT2D eigenvalue weighted by atomic mass is 10.2. The molecule has 3 rings (SSSR count). The Labute approximate surface area is 149 Å². The summed E-state index contributed by atoms with van der Waals surface area (Å²) in [6, 6.07) is 11.7. The number of likely N-dealkylation sites (N-methyl/N-ethyl adjacent to an activating group) is 1. The van der Waals surface area contributed by atoms with Crippen molar-refractivity contribution in [3.05, 3.63) is 63.4 Å². The highest BCUT2D eigenvalue weighted by atomic mass is 32.1. The predicted octanol–water partition coefficient (Wildman–Crippen LogP) is 3.34. The van der Waals surface area contributed by atoms with E-state index < -0.39 is 5.82 Å². The summed E-state index contributed by atoms with van der Waals surface area (Å²) in [4.78, 5) is 17.6. The largest absolute Gasteiger partial charge is 0.497 e. The van der Waals surface area contributed by atoms with Crippen molar-refractivity contribution in [1.29, 1.82) is 0 Å². The zero-order valence-corrected chi connectivity index (χ0v) is 14.8. The first-order valence-corrected chi connectivity index (χ1v) is 8.18. The van der Waals surface area contributed by atoms with Crippen molar-refractivity contribution in [1.82, 2.24) is 9.55 Å². The van der Waals surface area contributed by atoms with Crippen molar-refractivity contribution >= 4 is 28.8 Å². The molecule has 1 heterocycles. The molecular formula is C18H18FN3O2S. The van der Waals surface area contributed by atoms with Gasteiger partial charge in [0.25, 0.3) is 5.56 Å². The average molecular weight is 359 g/mol. The van der Waals surface area contributed by atoms with Crippen molar-refractivity contribution < 1.29 is 9.13 Å². The van der Waals surface area contributed by atoms with Crippen LogP contribution in [0.2, 0.25) is 0 Å². The third-order valence-electron chi connectivity index (χ3n) is 4.12. The Kier molecular flexibility index (Phi) is 4.85.